The largest absolute Gasteiger partial charge is 0.481 e. The highest BCUT2D eigenvalue weighted by molar-refractivity contribution is 5.78. The molecular formula is C10H18N2O3. The summed E-state index contributed by atoms with van der Waals surface area (Å²) in [6.07, 6.45) is 1.56. The molecule has 86 valence electrons. The first kappa shape index (κ1) is 12.0. The van der Waals surface area contributed by atoms with Gasteiger partial charge < -0.3 is 15.3 Å². The quantitative estimate of drug-likeness (QED) is 0.671. The molecule has 0 spiro atoms. The average Bonchev–Trinajstić information content (AvgIpc) is 2.13. The van der Waals surface area contributed by atoms with Crippen molar-refractivity contribution < 1.29 is 14.7 Å². The summed E-state index contributed by atoms with van der Waals surface area (Å²) in [7, 11) is 1.74. The van der Waals surface area contributed by atoms with Crippen LogP contribution in [-0.4, -0.2) is 48.1 Å². The average molecular weight is 214 g/mol. The molecule has 5 nitrogen and oxygen atoms in total. The third-order valence-electron chi connectivity index (χ3n) is 3.01. The van der Waals surface area contributed by atoms with Crippen molar-refractivity contribution in [2.24, 2.45) is 5.92 Å². The first-order chi connectivity index (χ1) is 7.06. The third kappa shape index (κ3) is 2.92. The van der Waals surface area contributed by atoms with Gasteiger partial charge in [0.25, 0.3) is 0 Å². The molecule has 0 aromatic carbocycles. The number of aliphatic carboxylic acids is 1. The standard InChI is InChI=1S/C10H18N2O3/c1-3-12(2)9(13)6-11-8-5-4-7(8)10(14)15/h7-8,11H,3-6H2,1-2H3,(H,14,15). The fraction of sp³-hybridized carbons (Fsp3) is 0.800. The number of rotatable bonds is 5. The second-order valence-corrected chi connectivity index (χ2v) is 3.92. The SMILES string of the molecule is CCN(C)C(=O)CNC1CCC1C(=O)O. The van der Waals surface area contributed by atoms with Gasteiger partial charge in [-0.15, -0.1) is 0 Å². The summed E-state index contributed by atoms with van der Waals surface area (Å²) in [4.78, 5) is 23.7. The van der Waals surface area contributed by atoms with Gasteiger partial charge in [0, 0.05) is 19.6 Å². The topological polar surface area (TPSA) is 69.6 Å². The van der Waals surface area contributed by atoms with Crippen molar-refractivity contribution in [2.45, 2.75) is 25.8 Å². The molecule has 1 saturated carbocycles. The van der Waals surface area contributed by atoms with Crippen LogP contribution in [0.15, 0.2) is 0 Å². The highest BCUT2D eigenvalue weighted by atomic mass is 16.4. The Balaban J connectivity index is 2.26. The van der Waals surface area contributed by atoms with Gasteiger partial charge in [-0.3, -0.25) is 9.59 Å². The number of carboxylic acids is 1. The van der Waals surface area contributed by atoms with E-state index in [0.29, 0.717) is 13.0 Å². The zero-order chi connectivity index (χ0) is 11.4. The number of carboxylic acid groups (broad SMARTS) is 1. The van der Waals surface area contributed by atoms with Gasteiger partial charge in [0.15, 0.2) is 0 Å². The maximum atomic E-state index is 11.4. The number of carbonyl (C=O) groups excluding carboxylic acids is 1. The molecule has 1 aliphatic carbocycles. The van der Waals surface area contributed by atoms with Gasteiger partial charge in [-0.25, -0.2) is 0 Å². The van der Waals surface area contributed by atoms with Gasteiger partial charge in [0.2, 0.25) is 5.91 Å². The van der Waals surface area contributed by atoms with E-state index in [0.717, 1.165) is 6.42 Å². The third-order valence-corrected chi connectivity index (χ3v) is 3.01. The van der Waals surface area contributed by atoms with Crippen LogP contribution < -0.4 is 5.32 Å². The lowest BCUT2D eigenvalue weighted by Gasteiger charge is -2.34. The second-order valence-electron chi connectivity index (χ2n) is 3.92. The lowest BCUT2D eigenvalue weighted by molar-refractivity contribution is -0.146. The molecule has 1 aliphatic rings. The van der Waals surface area contributed by atoms with E-state index in [-0.39, 0.29) is 24.4 Å². The lowest BCUT2D eigenvalue weighted by Crippen LogP contribution is -2.50. The number of amides is 1. The molecule has 0 aromatic heterocycles. The molecule has 1 rings (SSSR count). The maximum Gasteiger partial charge on any atom is 0.308 e. The number of hydrogen-bond acceptors (Lipinski definition) is 3. The summed E-state index contributed by atoms with van der Waals surface area (Å²) < 4.78 is 0. The zero-order valence-corrected chi connectivity index (χ0v) is 9.19. The first-order valence-electron chi connectivity index (χ1n) is 5.26. The molecule has 0 radical (unpaired) electrons. The van der Waals surface area contributed by atoms with E-state index in [1.807, 2.05) is 6.92 Å². The van der Waals surface area contributed by atoms with Gasteiger partial charge in [-0.1, -0.05) is 0 Å². The Hall–Kier alpha value is -1.10. The van der Waals surface area contributed by atoms with Crippen LogP contribution in [0.5, 0.6) is 0 Å². The van der Waals surface area contributed by atoms with Crippen LogP contribution in [0.3, 0.4) is 0 Å². The van der Waals surface area contributed by atoms with Gasteiger partial charge in [0.1, 0.15) is 0 Å². The fourth-order valence-corrected chi connectivity index (χ4v) is 1.57. The minimum Gasteiger partial charge on any atom is -0.481 e. The summed E-state index contributed by atoms with van der Waals surface area (Å²) in [6.45, 7) is 2.81. The Morgan fingerprint density at radius 3 is 2.53 bits per heavy atom. The first-order valence-corrected chi connectivity index (χ1v) is 5.26. The van der Waals surface area contributed by atoms with Crippen molar-refractivity contribution in [1.29, 1.82) is 0 Å². The van der Waals surface area contributed by atoms with Crippen LogP contribution in [0.2, 0.25) is 0 Å². The number of nitrogens with zero attached hydrogens (tertiary/aromatic N) is 1. The molecule has 2 unspecified atom stereocenters. The van der Waals surface area contributed by atoms with E-state index in [2.05, 4.69) is 5.32 Å². The van der Waals surface area contributed by atoms with E-state index < -0.39 is 5.97 Å². The van der Waals surface area contributed by atoms with Crippen molar-refractivity contribution >= 4 is 11.9 Å². The second kappa shape index (κ2) is 5.11. The predicted molar refractivity (Wildman–Crippen MR) is 55.5 cm³/mol. The van der Waals surface area contributed by atoms with E-state index >= 15 is 0 Å². The normalized spacial score (nSPS) is 24.4. The molecule has 1 amide bonds. The highest BCUT2D eigenvalue weighted by Gasteiger charge is 2.36. The van der Waals surface area contributed by atoms with Crippen molar-refractivity contribution in [3.63, 3.8) is 0 Å². The molecule has 15 heavy (non-hydrogen) atoms. The molecule has 5 heteroatoms. The fourth-order valence-electron chi connectivity index (χ4n) is 1.57. The molecule has 2 atom stereocenters. The van der Waals surface area contributed by atoms with Gasteiger partial charge in [-0.05, 0) is 19.8 Å². The molecule has 0 saturated heterocycles. The number of hydrogen-bond donors (Lipinski definition) is 2. The lowest BCUT2D eigenvalue weighted by atomic mass is 9.79. The van der Waals surface area contributed by atoms with Crippen LogP contribution in [0, 0.1) is 5.92 Å². The van der Waals surface area contributed by atoms with Crippen molar-refractivity contribution in [3.8, 4) is 0 Å². The number of likely N-dealkylation sites (N-methyl/N-ethyl adjacent to an activating group) is 1. The Morgan fingerprint density at radius 2 is 2.13 bits per heavy atom. The molecule has 0 aromatic rings. The van der Waals surface area contributed by atoms with Gasteiger partial charge in [0.05, 0.1) is 12.5 Å². The van der Waals surface area contributed by atoms with Crippen LogP contribution in [0.4, 0.5) is 0 Å². The smallest absolute Gasteiger partial charge is 0.308 e. The zero-order valence-electron chi connectivity index (χ0n) is 9.19. The molecule has 2 N–H and O–H groups in total. The summed E-state index contributed by atoms with van der Waals surface area (Å²) in [5.74, 6) is -1.08. The maximum absolute atomic E-state index is 11.4. The van der Waals surface area contributed by atoms with Crippen LogP contribution in [0.1, 0.15) is 19.8 Å². The molecule has 0 heterocycles. The van der Waals surface area contributed by atoms with E-state index in [1.54, 1.807) is 11.9 Å². The van der Waals surface area contributed by atoms with Crippen LogP contribution >= 0.6 is 0 Å². The summed E-state index contributed by atoms with van der Waals surface area (Å²) in [5, 5.41) is 11.8. The van der Waals surface area contributed by atoms with Gasteiger partial charge >= 0.3 is 5.97 Å². The van der Waals surface area contributed by atoms with E-state index in [9.17, 15) is 9.59 Å². The Labute approximate surface area is 89.4 Å². The predicted octanol–water partition coefficient (Wildman–Crippen LogP) is -0.0825. The van der Waals surface area contributed by atoms with Crippen molar-refractivity contribution in [3.05, 3.63) is 0 Å². The Kier molecular flexibility index (Phi) is 4.08. The van der Waals surface area contributed by atoms with Crippen LogP contribution in [-0.2, 0) is 9.59 Å². The van der Waals surface area contributed by atoms with Crippen molar-refractivity contribution in [1.82, 2.24) is 10.2 Å². The van der Waals surface area contributed by atoms with Crippen LogP contribution in [0.25, 0.3) is 0 Å². The highest BCUT2D eigenvalue weighted by Crippen LogP contribution is 2.27. The van der Waals surface area contributed by atoms with E-state index in [4.69, 9.17) is 5.11 Å². The van der Waals surface area contributed by atoms with E-state index in [1.165, 1.54) is 0 Å². The summed E-state index contributed by atoms with van der Waals surface area (Å²) in [5.41, 5.74) is 0. The molecular weight excluding hydrogens is 196 g/mol. The Morgan fingerprint density at radius 1 is 1.47 bits per heavy atom. The van der Waals surface area contributed by atoms with Gasteiger partial charge in [-0.2, -0.15) is 0 Å². The minimum absolute atomic E-state index is 0.00791. The number of carbonyl (C=O) groups is 2. The van der Waals surface area contributed by atoms with Crippen molar-refractivity contribution in [2.75, 3.05) is 20.1 Å². The molecule has 1 fully saturated rings. The molecule has 0 aliphatic heterocycles. The monoisotopic (exact) mass is 214 g/mol. The molecule has 0 bridgehead atoms. The Bertz CT molecular complexity index is 255. The summed E-state index contributed by atoms with van der Waals surface area (Å²) >= 11 is 0. The number of nitrogens with one attached hydrogen (secondary N) is 1. The minimum atomic E-state index is -0.768. The summed E-state index contributed by atoms with van der Waals surface area (Å²) in [6, 6.07) is -0.0308.